The van der Waals surface area contributed by atoms with Crippen LogP contribution in [0.5, 0.6) is 0 Å². The number of hydrogen-bond donors (Lipinski definition) is 1. The summed E-state index contributed by atoms with van der Waals surface area (Å²) in [5.74, 6) is -0.119. The van der Waals surface area contributed by atoms with Crippen LogP contribution in [0.25, 0.3) is 0 Å². The van der Waals surface area contributed by atoms with Crippen LogP contribution >= 0.6 is 0 Å². The third-order valence-corrected chi connectivity index (χ3v) is 4.21. The summed E-state index contributed by atoms with van der Waals surface area (Å²) in [5, 5.41) is 17.2. The van der Waals surface area contributed by atoms with Gasteiger partial charge in [0.15, 0.2) is 5.72 Å². The molecule has 2 rings (SSSR count). The Morgan fingerprint density at radius 2 is 1.83 bits per heavy atom. The van der Waals surface area contributed by atoms with Gasteiger partial charge in [-0.25, -0.2) is 0 Å². The van der Waals surface area contributed by atoms with Crippen LogP contribution in [-0.2, 0) is 6.42 Å². The zero-order valence-electron chi connectivity index (χ0n) is 14.9. The molecule has 1 N–H and O–H groups in total. The molecule has 0 amide bonds. The smallest absolute Gasteiger partial charge is 0.157 e. The maximum absolute atomic E-state index is 10.8. The molecule has 1 aliphatic heterocycles. The summed E-state index contributed by atoms with van der Waals surface area (Å²) >= 11 is 0. The molecule has 1 aliphatic rings. The third-order valence-electron chi connectivity index (χ3n) is 4.21. The molecular weight excluding hydrogens is 284 g/mol. The first kappa shape index (κ1) is 19.2. The standard InChI is InChI=1S/C18H24N2O.C2H6/c1-5-15-16(6-2)18(4,21)20(7-3)19-17(15)13-14-11-9-8-10-12-14;1-2/h5-6,8-12,15-16,21H,1-2,7,13H2,3-4H3;1-2H3. The van der Waals surface area contributed by atoms with Gasteiger partial charge in [-0.1, -0.05) is 56.3 Å². The molecule has 23 heavy (non-hydrogen) atoms. The van der Waals surface area contributed by atoms with Crippen molar-refractivity contribution in [1.29, 1.82) is 0 Å². The molecule has 1 heterocycles. The molecule has 1 aromatic carbocycles. The summed E-state index contributed by atoms with van der Waals surface area (Å²) in [6.07, 6.45) is 4.44. The van der Waals surface area contributed by atoms with Crippen LogP contribution < -0.4 is 0 Å². The quantitative estimate of drug-likeness (QED) is 0.824. The zero-order valence-corrected chi connectivity index (χ0v) is 14.9. The van der Waals surface area contributed by atoms with Crippen molar-refractivity contribution in [2.45, 2.75) is 39.8 Å². The largest absolute Gasteiger partial charge is 0.369 e. The fourth-order valence-corrected chi connectivity index (χ4v) is 3.04. The Labute approximate surface area is 141 Å². The van der Waals surface area contributed by atoms with E-state index >= 15 is 0 Å². The van der Waals surface area contributed by atoms with Gasteiger partial charge in [0.1, 0.15) is 0 Å². The molecule has 0 radical (unpaired) electrons. The fourth-order valence-electron chi connectivity index (χ4n) is 3.04. The van der Waals surface area contributed by atoms with E-state index in [-0.39, 0.29) is 11.8 Å². The van der Waals surface area contributed by atoms with Crippen LogP contribution in [0.3, 0.4) is 0 Å². The molecule has 3 heteroatoms. The first-order valence-electron chi connectivity index (χ1n) is 8.41. The van der Waals surface area contributed by atoms with Gasteiger partial charge in [0, 0.05) is 24.8 Å². The molecule has 1 aromatic rings. The summed E-state index contributed by atoms with van der Waals surface area (Å²) < 4.78 is 0. The number of nitrogens with zero attached hydrogens (tertiary/aromatic N) is 2. The first-order chi connectivity index (χ1) is 11.0. The molecule has 0 saturated carbocycles. The minimum atomic E-state index is -1.03. The van der Waals surface area contributed by atoms with Gasteiger partial charge in [0.2, 0.25) is 0 Å². The SMILES string of the molecule is C=CC1C(Cc2ccccc2)=NN(CC)C(C)(O)C1C=C.CC. The number of hydrogen-bond acceptors (Lipinski definition) is 3. The molecule has 126 valence electrons. The van der Waals surface area contributed by atoms with Crippen LogP contribution in [0, 0.1) is 11.8 Å². The predicted octanol–water partition coefficient (Wildman–Crippen LogP) is 4.26. The Morgan fingerprint density at radius 1 is 1.22 bits per heavy atom. The van der Waals surface area contributed by atoms with Crippen molar-refractivity contribution in [3.8, 4) is 0 Å². The average molecular weight is 314 g/mol. The molecule has 0 aromatic heterocycles. The van der Waals surface area contributed by atoms with E-state index in [1.54, 1.807) is 11.9 Å². The Kier molecular flexibility index (Phi) is 7.24. The second-order valence-electron chi connectivity index (χ2n) is 5.59. The second kappa shape index (κ2) is 8.68. The van der Waals surface area contributed by atoms with Crippen LogP contribution in [-0.4, -0.2) is 28.1 Å². The zero-order chi connectivity index (χ0) is 17.5. The predicted molar refractivity (Wildman–Crippen MR) is 99.3 cm³/mol. The first-order valence-corrected chi connectivity index (χ1v) is 8.41. The maximum Gasteiger partial charge on any atom is 0.157 e. The summed E-state index contributed by atoms with van der Waals surface area (Å²) in [5.41, 5.74) is 1.20. The Hall–Kier alpha value is -1.87. The molecule has 3 atom stereocenters. The van der Waals surface area contributed by atoms with E-state index in [4.69, 9.17) is 0 Å². The molecule has 0 saturated heterocycles. The van der Waals surface area contributed by atoms with Crippen LogP contribution in [0.4, 0.5) is 0 Å². The number of rotatable bonds is 5. The lowest BCUT2D eigenvalue weighted by atomic mass is 9.78. The third kappa shape index (κ3) is 4.11. The highest BCUT2D eigenvalue weighted by Gasteiger charge is 2.44. The van der Waals surface area contributed by atoms with Crippen molar-refractivity contribution >= 4 is 5.71 Å². The lowest BCUT2D eigenvalue weighted by molar-refractivity contribution is -0.133. The van der Waals surface area contributed by atoms with Crippen LogP contribution in [0.2, 0.25) is 0 Å². The highest BCUT2D eigenvalue weighted by Crippen LogP contribution is 2.36. The van der Waals surface area contributed by atoms with Gasteiger partial charge >= 0.3 is 0 Å². The molecule has 3 nitrogen and oxygen atoms in total. The van der Waals surface area contributed by atoms with Crippen LogP contribution in [0.1, 0.15) is 33.3 Å². The van der Waals surface area contributed by atoms with E-state index in [0.717, 1.165) is 12.1 Å². The van der Waals surface area contributed by atoms with E-state index in [9.17, 15) is 5.11 Å². The summed E-state index contributed by atoms with van der Waals surface area (Å²) in [6.45, 7) is 16.3. The van der Waals surface area contributed by atoms with Gasteiger partial charge in [-0.15, -0.1) is 13.2 Å². The number of allylic oxidation sites excluding steroid dienone is 1. The number of aliphatic hydroxyl groups is 1. The Bertz CT molecular complexity index is 534. The van der Waals surface area contributed by atoms with Gasteiger partial charge in [0.05, 0.1) is 5.71 Å². The average Bonchev–Trinajstić information content (AvgIpc) is 2.58. The van der Waals surface area contributed by atoms with Gasteiger partial charge in [0.25, 0.3) is 0 Å². The molecule has 0 aliphatic carbocycles. The van der Waals surface area contributed by atoms with Crippen molar-refractivity contribution in [1.82, 2.24) is 5.01 Å². The molecule has 3 unspecified atom stereocenters. The van der Waals surface area contributed by atoms with E-state index in [2.05, 4.69) is 30.4 Å². The highest BCUT2D eigenvalue weighted by atomic mass is 16.3. The summed E-state index contributed by atoms with van der Waals surface area (Å²) in [6, 6.07) is 10.2. The van der Waals surface area contributed by atoms with Crippen molar-refractivity contribution in [3.05, 3.63) is 61.2 Å². The highest BCUT2D eigenvalue weighted by molar-refractivity contribution is 5.91. The normalized spacial score (nSPS) is 26.7. The summed E-state index contributed by atoms with van der Waals surface area (Å²) in [4.78, 5) is 0. The number of benzene rings is 1. The van der Waals surface area contributed by atoms with Gasteiger partial charge in [-0.2, -0.15) is 5.10 Å². The number of hydrazone groups is 1. The summed E-state index contributed by atoms with van der Waals surface area (Å²) in [7, 11) is 0. The maximum atomic E-state index is 10.8. The van der Waals surface area contributed by atoms with Crippen molar-refractivity contribution in [2.24, 2.45) is 16.9 Å². The molecule has 0 fully saturated rings. The lowest BCUT2D eigenvalue weighted by Crippen LogP contribution is -2.55. The second-order valence-corrected chi connectivity index (χ2v) is 5.59. The Balaban J connectivity index is 0.00000127. The van der Waals surface area contributed by atoms with Gasteiger partial charge in [-0.3, -0.25) is 5.01 Å². The monoisotopic (exact) mass is 314 g/mol. The fraction of sp³-hybridized carbons (Fsp3) is 0.450. The molecule has 0 bridgehead atoms. The minimum absolute atomic E-state index is 0.000469. The topological polar surface area (TPSA) is 35.8 Å². The molecule has 0 spiro atoms. The minimum Gasteiger partial charge on any atom is -0.369 e. The lowest BCUT2D eigenvalue weighted by Gasteiger charge is -2.46. The van der Waals surface area contributed by atoms with Crippen molar-refractivity contribution in [3.63, 3.8) is 0 Å². The Morgan fingerprint density at radius 3 is 2.30 bits per heavy atom. The van der Waals surface area contributed by atoms with Gasteiger partial charge < -0.3 is 5.11 Å². The van der Waals surface area contributed by atoms with E-state index in [1.807, 2.05) is 51.1 Å². The van der Waals surface area contributed by atoms with Gasteiger partial charge in [-0.05, 0) is 19.4 Å². The van der Waals surface area contributed by atoms with Crippen molar-refractivity contribution in [2.75, 3.05) is 6.54 Å². The van der Waals surface area contributed by atoms with E-state index in [1.165, 1.54) is 5.56 Å². The van der Waals surface area contributed by atoms with Crippen molar-refractivity contribution < 1.29 is 5.11 Å². The van der Waals surface area contributed by atoms with Crippen LogP contribution in [0.15, 0.2) is 60.7 Å². The molecular formula is C20H30N2O. The van der Waals surface area contributed by atoms with E-state index in [0.29, 0.717) is 6.54 Å². The van der Waals surface area contributed by atoms with E-state index < -0.39 is 5.72 Å².